The molecule has 9 nitrogen and oxygen atoms in total. The quantitative estimate of drug-likeness (QED) is 0.438. The van der Waals surface area contributed by atoms with Crippen LogP contribution in [0.2, 0.25) is 0 Å². The van der Waals surface area contributed by atoms with Gasteiger partial charge < -0.3 is 0 Å². The smallest absolute Gasteiger partial charge is 0.258 e. The number of hydrogen-bond donors (Lipinski definition) is 1. The molecule has 9 heteroatoms. The number of hydrazone groups is 1. The van der Waals surface area contributed by atoms with Crippen molar-refractivity contribution in [2.75, 3.05) is 5.43 Å². The molecule has 0 saturated carbocycles. The number of anilines is 1. The van der Waals surface area contributed by atoms with E-state index in [-0.39, 0.29) is 5.69 Å². The van der Waals surface area contributed by atoms with Crippen molar-refractivity contribution in [3.8, 4) is 5.69 Å². The standard InChI is InChI=1S/C14H11N7O2/c22-21(23)13-8-6-11(7-9-13)10-15-16-14-17-18-19-20(14)12-4-2-1-3-5-12/h1-10H,(H,16,17,19). The second-order valence-electron chi connectivity index (χ2n) is 4.47. The molecule has 2 aromatic carbocycles. The molecule has 23 heavy (non-hydrogen) atoms. The molecule has 0 aliphatic carbocycles. The maximum Gasteiger partial charge on any atom is 0.269 e. The Kier molecular flexibility index (Phi) is 4.01. The Hall–Kier alpha value is -3.62. The zero-order valence-electron chi connectivity index (χ0n) is 11.8. The maximum absolute atomic E-state index is 10.6. The zero-order chi connectivity index (χ0) is 16.1. The van der Waals surface area contributed by atoms with Gasteiger partial charge in [-0.3, -0.25) is 10.1 Å². The van der Waals surface area contributed by atoms with Crippen LogP contribution in [0.5, 0.6) is 0 Å². The predicted octanol–water partition coefficient (Wildman–Crippen LogP) is 2.02. The first-order valence-corrected chi connectivity index (χ1v) is 6.61. The zero-order valence-corrected chi connectivity index (χ0v) is 11.8. The third-order valence-corrected chi connectivity index (χ3v) is 2.95. The average molecular weight is 309 g/mol. The van der Waals surface area contributed by atoms with Crippen LogP contribution in [0.4, 0.5) is 11.6 Å². The summed E-state index contributed by atoms with van der Waals surface area (Å²) in [6, 6.07) is 15.4. The molecule has 1 aromatic heterocycles. The molecule has 0 saturated heterocycles. The van der Waals surface area contributed by atoms with Gasteiger partial charge in [0.25, 0.3) is 11.6 Å². The van der Waals surface area contributed by atoms with Gasteiger partial charge in [0.15, 0.2) is 0 Å². The molecular weight excluding hydrogens is 298 g/mol. The van der Waals surface area contributed by atoms with E-state index in [0.717, 1.165) is 5.69 Å². The van der Waals surface area contributed by atoms with Crippen LogP contribution in [0.15, 0.2) is 59.7 Å². The van der Waals surface area contributed by atoms with Gasteiger partial charge in [-0.25, -0.2) is 5.43 Å². The highest BCUT2D eigenvalue weighted by Crippen LogP contribution is 2.12. The first-order valence-electron chi connectivity index (χ1n) is 6.61. The molecule has 3 aromatic rings. The van der Waals surface area contributed by atoms with E-state index in [9.17, 15) is 10.1 Å². The third-order valence-electron chi connectivity index (χ3n) is 2.95. The molecule has 0 atom stereocenters. The van der Waals surface area contributed by atoms with Crippen molar-refractivity contribution in [2.24, 2.45) is 5.10 Å². The number of nitrogens with zero attached hydrogens (tertiary/aromatic N) is 6. The van der Waals surface area contributed by atoms with Crippen LogP contribution in [0.1, 0.15) is 5.56 Å². The highest BCUT2D eigenvalue weighted by Gasteiger charge is 2.06. The maximum atomic E-state index is 10.6. The molecule has 0 radical (unpaired) electrons. The summed E-state index contributed by atoms with van der Waals surface area (Å²) in [6.45, 7) is 0. The Labute approximate surface area is 130 Å². The molecule has 0 unspecified atom stereocenters. The van der Waals surface area contributed by atoms with E-state index >= 15 is 0 Å². The number of tetrazole rings is 1. The highest BCUT2D eigenvalue weighted by atomic mass is 16.6. The fourth-order valence-corrected chi connectivity index (χ4v) is 1.85. The summed E-state index contributed by atoms with van der Waals surface area (Å²) in [4.78, 5) is 10.1. The summed E-state index contributed by atoms with van der Waals surface area (Å²) in [5, 5.41) is 26.0. The van der Waals surface area contributed by atoms with Gasteiger partial charge in [-0.15, -0.1) is 0 Å². The lowest BCUT2D eigenvalue weighted by Gasteiger charge is -2.02. The summed E-state index contributed by atoms with van der Waals surface area (Å²) in [7, 11) is 0. The van der Waals surface area contributed by atoms with Gasteiger partial charge in [0, 0.05) is 12.1 Å². The Morgan fingerprint density at radius 2 is 1.87 bits per heavy atom. The third kappa shape index (κ3) is 3.35. The molecule has 0 spiro atoms. The summed E-state index contributed by atoms with van der Waals surface area (Å²) in [5.74, 6) is 0.356. The SMILES string of the molecule is O=[N+]([O-])c1ccc(C=NNc2nnnn2-c2ccccc2)cc1. The Morgan fingerprint density at radius 1 is 1.13 bits per heavy atom. The second-order valence-corrected chi connectivity index (χ2v) is 4.47. The van der Waals surface area contributed by atoms with Crippen molar-refractivity contribution in [3.05, 3.63) is 70.3 Å². The molecular formula is C14H11N7O2. The number of nitrogens with one attached hydrogen (secondary N) is 1. The minimum absolute atomic E-state index is 0.0307. The molecule has 0 amide bonds. The largest absolute Gasteiger partial charge is 0.269 e. The minimum Gasteiger partial charge on any atom is -0.258 e. The van der Waals surface area contributed by atoms with Crippen LogP contribution in [-0.2, 0) is 0 Å². The number of nitro benzene ring substituents is 1. The molecule has 0 aliphatic rings. The van der Waals surface area contributed by atoms with Crippen LogP contribution in [-0.4, -0.2) is 31.3 Å². The van der Waals surface area contributed by atoms with Crippen molar-refractivity contribution in [1.82, 2.24) is 20.2 Å². The fraction of sp³-hybridized carbons (Fsp3) is 0. The topological polar surface area (TPSA) is 111 Å². The Morgan fingerprint density at radius 3 is 2.57 bits per heavy atom. The minimum atomic E-state index is -0.451. The molecule has 0 fully saturated rings. The summed E-state index contributed by atoms with van der Waals surface area (Å²) >= 11 is 0. The van der Waals surface area contributed by atoms with E-state index in [1.807, 2.05) is 30.3 Å². The van der Waals surface area contributed by atoms with Gasteiger partial charge in [0.05, 0.1) is 16.8 Å². The Balaban J connectivity index is 1.71. The fourth-order valence-electron chi connectivity index (χ4n) is 1.85. The monoisotopic (exact) mass is 309 g/mol. The van der Waals surface area contributed by atoms with Gasteiger partial charge in [-0.1, -0.05) is 23.3 Å². The number of aromatic nitrogens is 4. The summed E-state index contributed by atoms with van der Waals surface area (Å²) < 4.78 is 1.51. The van der Waals surface area contributed by atoms with Crippen molar-refractivity contribution in [3.63, 3.8) is 0 Å². The first kappa shape index (κ1) is 14.3. The number of hydrogen-bond acceptors (Lipinski definition) is 7. The molecule has 0 aliphatic heterocycles. The first-order chi connectivity index (χ1) is 11.2. The number of para-hydroxylation sites is 1. The van der Waals surface area contributed by atoms with Crippen molar-refractivity contribution in [2.45, 2.75) is 0 Å². The number of nitro groups is 1. The molecule has 114 valence electrons. The van der Waals surface area contributed by atoms with Crippen molar-refractivity contribution >= 4 is 17.9 Å². The number of rotatable bonds is 5. The predicted molar refractivity (Wildman–Crippen MR) is 83.5 cm³/mol. The van der Waals surface area contributed by atoms with Crippen LogP contribution < -0.4 is 5.43 Å². The van der Waals surface area contributed by atoms with Crippen molar-refractivity contribution in [1.29, 1.82) is 0 Å². The van der Waals surface area contributed by atoms with Gasteiger partial charge in [0.1, 0.15) is 0 Å². The van der Waals surface area contributed by atoms with E-state index in [1.165, 1.54) is 23.0 Å². The van der Waals surface area contributed by atoms with E-state index in [2.05, 4.69) is 26.1 Å². The molecule has 0 bridgehead atoms. The van der Waals surface area contributed by atoms with E-state index < -0.39 is 4.92 Å². The molecule has 3 rings (SSSR count). The lowest BCUT2D eigenvalue weighted by molar-refractivity contribution is -0.384. The lowest BCUT2D eigenvalue weighted by Crippen LogP contribution is -2.03. The second kappa shape index (κ2) is 6.43. The van der Waals surface area contributed by atoms with Gasteiger partial charge >= 0.3 is 0 Å². The van der Waals surface area contributed by atoms with Crippen LogP contribution in [0, 0.1) is 10.1 Å². The van der Waals surface area contributed by atoms with Gasteiger partial charge in [-0.05, 0) is 40.3 Å². The average Bonchev–Trinajstić information content (AvgIpc) is 3.05. The number of benzene rings is 2. The highest BCUT2D eigenvalue weighted by molar-refractivity contribution is 5.80. The van der Waals surface area contributed by atoms with Crippen LogP contribution in [0.3, 0.4) is 0 Å². The molecule has 1 heterocycles. The lowest BCUT2D eigenvalue weighted by atomic mass is 10.2. The molecule has 1 N–H and O–H groups in total. The number of non-ortho nitro benzene ring substituents is 1. The van der Waals surface area contributed by atoms with Crippen LogP contribution >= 0.6 is 0 Å². The van der Waals surface area contributed by atoms with Crippen molar-refractivity contribution < 1.29 is 4.92 Å². The van der Waals surface area contributed by atoms with Gasteiger partial charge in [-0.2, -0.15) is 9.78 Å². The summed E-state index contributed by atoms with van der Waals surface area (Å²) in [5.41, 5.74) is 4.28. The Bertz CT molecular complexity index is 828. The van der Waals surface area contributed by atoms with E-state index in [1.54, 1.807) is 12.1 Å². The normalized spacial score (nSPS) is 10.8. The van der Waals surface area contributed by atoms with Crippen LogP contribution in [0.25, 0.3) is 5.69 Å². The van der Waals surface area contributed by atoms with Gasteiger partial charge in [0.2, 0.25) is 0 Å². The van der Waals surface area contributed by atoms with E-state index in [0.29, 0.717) is 11.5 Å². The summed E-state index contributed by atoms with van der Waals surface area (Å²) in [6.07, 6.45) is 1.52. The van der Waals surface area contributed by atoms with E-state index in [4.69, 9.17) is 0 Å².